The van der Waals surface area contributed by atoms with Gasteiger partial charge in [0.25, 0.3) is 11.7 Å². The van der Waals surface area contributed by atoms with Crippen LogP contribution in [0.5, 0.6) is 0 Å². The number of nitrogens with zero attached hydrogens (tertiary/aromatic N) is 3. The summed E-state index contributed by atoms with van der Waals surface area (Å²) in [5, 5.41) is 6.77. The number of halogens is 3. The normalized spacial score (nSPS) is 13.9. The summed E-state index contributed by atoms with van der Waals surface area (Å²) in [6.07, 6.45) is -3.17. The molecule has 1 aromatic heterocycles. The van der Waals surface area contributed by atoms with Crippen molar-refractivity contribution in [2.45, 2.75) is 39.4 Å². The van der Waals surface area contributed by atoms with Gasteiger partial charge in [-0.3, -0.25) is 14.4 Å². The highest BCUT2D eigenvalue weighted by molar-refractivity contribution is 6.43. The summed E-state index contributed by atoms with van der Waals surface area (Å²) in [6, 6.07) is 11.7. The van der Waals surface area contributed by atoms with Crippen LogP contribution >= 0.6 is 0 Å². The fraction of sp³-hybridized carbons (Fsp3) is 0.280. The molecule has 0 radical (unpaired) electrons. The summed E-state index contributed by atoms with van der Waals surface area (Å²) in [6.45, 7) is 3.82. The van der Waals surface area contributed by atoms with Crippen LogP contribution in [0.4, 0.5) is 18.9 Å². The third kappa shape index (κ3) is 4.96. The Morgan fingerprint density at radius 3 is 2.40 bits per heavy atom. The number of hydrogen-bond acceptors (Lipinski definition) is 4. The second kappa shape index (κ2) is 9.36. The minimum absolute atomic E-state index is 0.0443. The van der Waals surface area contributed by atoms with Crippen LogP contribution in [0, 0.1) is 13.8 Å². The van der Waals surface area contributed by atoms with Crippen molar-refractivity contribution in [1.82, 2.24) is 15.1 Å². The lowest BCUT2D eigenvalue weighted by Crippen LogP contribution is -2.31. The molecule has 3 aromatic rings. The van der Waals surface area contributed by atoms with Gasteiger partial charge in [0.05, 0.1) is 28.2 Å². The molecule has 0 bridgehead atoms. The van der Waals surface area contributed by atoms with Gasteiger partial charge in [0.15, 0.2) is 0 Å². The molecule has 1 N–H and O–H groups in total. The van der Waals surface area contributed by atoms with Crippen molar-refractivity contribution in [3.63, 3.8) is 0 Å². The van der Waals surface area contributed by atoms with E-state index >= 15 is 0 Å². The number of Topliss-reactive ketones (excluding diaryl/α,β-unsaturated/α-hetero) is 1. The third-order valence-electron chi connectivity index (χ3n) is 5.92. The SMILES string of the molecule is Cc1nn(-c2cccc(C(F)(F)F)c2)c(C)c1C(=O)C(=O)NCc1ccc(N2CCCC2=O)cc1. The van der Waals surface area contributed by atoms with E-state index in [2.05, 4.69) is 10.4 Å². The van der Waals surface area contributed by atoms with Crippen molar-refractivity contribution in [3.05, 3.63) is 76.6 Å². The maximum atomic E-state index is 13.1. The van der Waals surface area contributed by atoms with Gasteiger partial charge in [0.2, 0.25) is 5.91 Å². The molecule has 1 fully saturated rings. The van der Waals surface area contributed by atoms with E-state index in [1.54, 1.807) is 29.2 Å². The van der Waals surface area contributed by atoms with E-state index in [0.29, 0.717) is 13.0 Å². The van der Waals surface area contributed by atoms with Crippen molar-refractivity contribution < 1.29 is 27.6 Å². The number of carbonyl (C=O) groups is 3. The summed E-state index contributed by atoms with van der Waals surface area (Å²) in [5.74, 6) is -1.59. The fourth-order valence-electron chi connectivity index (χ4n) is 4.13. The van der Waals surface area contributed by atoms with Gasteiger partial charge >= 0.3 is 6.18 Å². The number of rotatable bonds is 6. The minimum Gasteiger partial charge on any atom is -0.345 e. The average molecular weight is 484 g/mol. The Morgan fingerprint density at radius 2 is 1.77 bits per heavy atom. The molecule has 1 aliphatic heterocycles. The molecular weight excluding hydrogens is 461 g/mol. The first-order valence-electron chi connectivity index (χ1n) is 11.0. The number of carbonyl (C=O) groups excluding carboxylic acids is 3. The molecule has 1 aliphatic rings. The van der Waals surface area contributed by atoms with Crippen molar-refractivity contribution >= 4 is 23.3 Å². The summed E-state index contributed by atoms with van der Waals surface area (Å²) in [7, 11) is 0. The second-order valence-electron chi connectivity index (χ2n) is 8.33. The van der Waals surface area contributed by atoms with Gasteiger partial charge in [-0.05, 0) is 56.2 Å². The molecule has 10 heteroatoms. The van der Waals surface area contributed by atoms with Crippen molar-refractivity contribution in [3.8, 4) is 5.69 Å². The van der Waals surface area contributed by atoms with Gasteiger partial charge in [-0.1, -0.05) is 18.2 Å². The Morgan fingerprint density at radius 1 is 1.06 bits per heavy atom. The lowest BCUT2D eigenvalue weighted by molar-refractivity contribution is -0.137. The molecule has 182 valence electrons. The van der Waals surface area contributed by atoms with Crippen LogP contribution in [0.2, 0.25) is 0 Å². The zero-order chi connectivity index (χ0) is 25.3. The highest BCUT2D eigenvalue weighted by Crippen LogP contribution is 2.31. The van der Waals surface area contributed by atoms with Crippen LogP contribution in [0.15, 0.2) is 48.5 Å². The second-order valence-corrected chi connectivity index (χ2v) is 8.33. The Hall–Kier alpha value is -3.95. The molecule has 2 amide bonds. The maximum Gasteiger partial charge on any atom is 0.416 e. The number of amides is 2. The van der Waals surface area contributed by atoms with E-state index < -0.39 is 23.4 Å². The summed E-state index contributed by atoms with van der Waals surface area (Å²) >= 11 is 0. The highest BCUT2D eigenvalue weighted by Gasteiger charge is 2.31. The number of hydrogen-bond donors (Lipinski definition) is 1. The van der Waals surface area contributed by atoms with Crippen LogP contribution in [0.1, 0.15) is 45.7 Å². The Balaban J connectivity index is 1.46. The molecular formula is C25H23F3N4O3. The van der Waals surface area contributed by atoms with Crippen LogP contribution < -0.4 is 10.2 Å². The molecule has 0 aliphatic carbocycles. The smallest absolute Gasteiger partial charge is 0.345 e. The number of aryl methyl sites for hydroxylation is 1. The number of alkyl halides is 3. The Labute approximate surface area is 199 Å². The monoisotopic (exact) mass is 484 g/mol. The van der Waals surface area contributed by atoms with Crippen LogP contribution in [-0.4, -0.2) is 33.9 Å². The molecule has 0 unspecified atom stereocenters. The van der Waals surface area contributed by atoms with Gasteiger partial charge in [-0.15, -0.1) is 0 Å². The Bertz CT molecular complexity index is 1300. The lowest BCUT2D eigenvalue weighted by Gasteiger charge is -2.16. The standard InChI is InChI=1S/C25H23F3N4O3/c1-15-22(16(2)32(30-15)20-6-3-5-18(13-20)25(26,27)28)23(34)24(35)29-14-17-8-10-19(11-9-17)31-12-4-7-21(31)33/h3,5-6,8-11,13H,4,7,12,14H2,1-2H3,(H,29,35). The molecule has 2 aromatic carbocycles. The molecule has 2 heterocycles. The first-order chi connectivity index (χ1) is 16.6. The van der Waals surface area contributed by atoms with E-state index in [9.17, 15) is 27.6 Å². The summed E-state index contributed by atoms with van der Waals surface area (Å²) in [4.78, 5) is 39.0. The molecule has 0 spiro atoms. The van der Waals surface area contributed by atoms with Crippen molar-refractivity contribution in [1.29, 1.82) is 0 Å². The predicted molar refractivity (Wildman–Crippen MR) is 122 cm³/mol. The fourth-order valence-corrected chi connectivity index (χ4v) is 4.13. The van der Waals surface area contributed by atoms with E-state index in [4.69, 9.17) is 0 Å². The highest BCUT2D eigenvalue weighted by atomic mass is 19.4. The maximum absolute atomic E-state index is 13.1. The summed E-state index contributed by atoms with van der Waals surface area (Å²) in [5.41, 5.74) is 1.37. The minimum atomic E-state index is -4.52. The number of aromatic nitrogens is 2. The van der Waals surface area contributed by atoms with E-state index in [0.717, 1.165) is 29.8 Å². The number of nitrogens with one attached hydrogen (secondary N) is 1. The zero-order valence-electron chi connectivity index (χ0n) is 19.1. The molecule has 1 saturated heterocycles. The topological polar surface area (TPSA) is 84.3 Å². The predicted octanol–water partition coefficient (Wildman–Crippen LogP) is 4.13. The Kier molecular flexibility index (Phi) is 6.47. The first-order valence-corrected chi connectivity index (χ1v) is 11.0. The van der Waals surface area contributed by atoms with E-state index in [1.807, 2.05) is 0 Å². The van der Waals surface area contributed by atoms with Crippen LogP contribution in [0.25, 0.3) is 5.69 Å². The number of benzene rings is 2. The van der Waals surface area contributed by atoms with E-state index in [1.165, 1.54) is 30.7 Å². The molecule has 35 heavy (non-hydrogen) atoms. The van der Waals surface area contributed by atoms with E-state index in [-0.39, 0.29) is 35.1 Å². The summed E-state index contributed by atoms with van der Waals surface area (Å²) < 4.78 is 40.5. The van der Waals surface area contributed by atoms with Gasteiger partial charge in [0.1, 0.15) is 0 Å². The van der Waals surface area contributed by atoms with Crippen LogP contribution in [0.3, 0.4) is 0 Å². The third-order valence-corrected chi connectivity index (χ3v) is 5.92. The number of ketones is 1. The van der Waals surface area contributed by atoms with Gasteiger partial charge in [0, 0.05) is 25.2 Å². The van der Waals surface area contributed by atoms with Crippen molar-refractivity contribution in [2.24, 2.45) is 0 Å². The lowest BCUT2D eigenvalue weighted by atomic mass is 10.1. The van der Waals surface area contributed by atoms with Crippen LogP contribution in [-0.2, 0) is 22.3 Å². The van der Waals surface area contributed by atoms with Gasteiger partial charge in [-0.25, -0.2) is 4.68 Å². The molecule has 0 atom stereocenters. The largest absolute Gasteiger partial charge is 0.416 e. The zero-order valence-corrected chi connectivity index (χ0v) is 19.1. The van der Waals surface area contributed by atoms with Gasteiger partial charge < -0.3 is 10.2 Å². The first kappa shape index (κ1) is 24.2. The average Bonchev–Trinajstić information content (AvgIpc) is 3.39. The van der Waals surface area contributed by atoms with Crippen molar-refractivity contribution in [2.75, 3.05) is 11.4 Å². The number of anilines is 1. The quantitative estimate of drug-likeness (QED) is 0.421. The molecule has 7 nitrogen and oxygen atoms in total. The molecule has 4 rings (SSSR count). The molecule has 0 saturated carbocycles. The van der Waals surface area contributed by atoms with Gasteiger partial charge in [-0.2, -0.15) is 18.3 Å².